The molecule has 7 nitrogen and oxygen atoms in total. The highest BCUT2D eigenvalue weighted by molar-refractivity contribution is 7.89. The van der Waals surface area contributed by atoms with Gasteiger partial charge in [0.05, 0.1) is 7.11 Å². The number of amides is 1. The molecule has 1 aromatic rings. The van der Waals surface area contributed by atoms with Gasteiger partial charge in [-0.2, -0.15) is 0 Å². The first-order chi connectivity index (χ1) is 13.9. The molecule has 2 fully saturated rings. The van der Waals surface area contributed by atoms with Crippen molar-refractivity contribution < 1.29 is 17.9 Å². The molecule has 0 spiro atoms. The van der Waals surface area contributed by atoms with Crippen molar-refractivity contribution in [2.75, 3.05) is 46.9 Å². The second-order valence-corrected chi connectivity index (χ2v) is 9.88. The van der Waals surface area contributed by atoms with E-state index in [0.717, 1.165) is 32.5 Å². The van der Waals surface area contributed by atoms with E-state index in [-0.39, 0.29) is 16.6 Å². The zero-order valence-electron chi connectivity index (χ0n) is 17.5. The van der Waals surface area contributed by atoms with Gasteiger partial charge in [0.2, 0.25) is 10.0 Å². The van der Waals surface area contributed by atoms with Crippen molar-refractivity contribution in [2.45, 2.75) is 43.4 Å². The summed E-state index contributed by atoms with van der Waals surface area (Å²) in [4.78, 5) is 17.4. The Morgan fingerprint density at radius 2 is 1.76 bits per heavy atom. The summed E-state index contributed by atoms with van der Waals surface area (Å²) >= 11 is 0. The number of methoxy groups -OCH3 is 1. The summed E-state index contributed by atoms with van der Waals surface area (Å²) in [5, 5.41) is 0. The number of likely N-dealkylation sites (tertiary alicyclic amines) is 2. The van der Waals surface area contributed by atoms with Gasteiger partial charge in [-0.15, -0.1) is 0 Å². The molecule has 0 atom stereocenters. The van der Waals surface area contributed by atoms with Crippen molar-refractivity contribution in [3.8, 4) is 5.75 Å². The minimum atomic E-state index is -3.71. The van der Waals surface area contributed by atoms with Gasteiger partial charge >= 0.3 is 0 Å². The summed E-state index contributed by atoms with van der Waals surface area (Å²) in [7, 11) is -0.944. The van der Waals surface area contributed by atoms with E-state index in [9.17, 15) is 13.2 Å². The maximum atomic E-state index is 13.0. The number of rotatable bonds is 6. The molecule has 8 heteroatoms. The number of hydrogen-bond acceptors (Lipinski definition) is 5. The van der Waals surface area contributed by atoms with Gasteiger partial charge in [0.25, 0.3) is 5.91 Å². The molecule has 29 heavy (non-hydrogen) atoms. The van der Waals surface area contributed by atoms with Crippen LogP contribution in [0.5, 0.6) is 5.75 Å². The van der Waals surface area contributed by atoms with Crippen molar-refractivity contribution in [1.82, 2.24) is 14.5 Å². The fraction of sp³-hybridized carbons (Fsp3) is 0.667. The topological polar surface area (TPSA) is 79.0 Å². The average molecular weight is 424 g/mol. The molecule has 0 aromatic heterocycles. The van der Waals surface area contributed by atoms with E-state index in [0.29, 0.717) is 11.5 Å². The Labute approximate surface area is 174 Å². The summed E-state index contributed by atoms with van der Waals surface area (Å²) in [5.74, 6) is 0.744. The quantitative estimate of drug-likeness (QED) is 0.760. The Morgan fingerprint density at radius 1 is 1.10 bits per heavy atom. The number of sulfonamides is 1. The predicted octanol–water partition coefficient (Wildman–Crippen LogP) is 2.33. The molecule has 0 unspecified atom stereocenters. The second kappa shape index (κ2) is 9.91. The van der Waals surface area contributed by atoms with Gasteiger partial charge in [0, 0.05) is 25.2 Å². The molecule has 2 aliphatic heterocycles. The van der Waals surface area contributed by atoms with Crippen LogP contribution in [0.1, 0.15) is 48.9 Å². The van der Waals surface area contributed by atoms with Gasteiger partial charge in [-0.05, 0) is 69.9 Å². The molecular weight excluding hydrogens is 390 g/mol. The summed E-state index contributed by atoms with van der Waals surface area (Å²) in [5.41, 5.74) is 0.380. The molecule has 1 aromatic carbocycles. The van der Waals surface area contributed by atoms with E-state index in [1.165, 1.54) is 59.0 Å². The first-order valence-electron chi connectivity index (χ1n) is 10.6. The third-order valence-electron chi connectivity index (χ3n) is 6.09. The van der Waals surface area contributed by atoms with E-state index in [1.807, 2.05) is 4.90 Å². The number of benzene rings is 1. The summed E-state index contributed by atoms with van der Waals surface area (Å²) in [6.45, 7) is 4.98. The van der Waals surface area contributed by atoms with Crippen molar-refractivity contribution >= 4 is 15.9 Å². The van der Waals surface area contributed by atoms with Gasteiger partial charge in [-0.25, -0.2) is 13.1 Å². The Bertz CT molecular complexity index is 796. The van der Waals surface area contributed by atoms with E-state index in [4.69, 9.17) is 4.74 Å². The number of nitrogens with one attached hydrogen (secondary N) is 1. The standard InChI is InChI=1S/C21H33N3O4S/c1-22-29(26,27)20-15-18(7-8-19(20)28-2)21(25)24-13-9-17(10-14-24)16-23-11-5-3-4-6-12-23/h7-8,15,17,22H,3-6,9-14,16H2,1-2H3. The molecule has 0 radical (unpaired) electrons. The highest BCUT2D eigenvalue weighted by Crippen LogP contribution is 2.27. The van der Waals surface area contributed by atoms with Gasteiger partial charge in [-0.3, -0.25) is 4.79 Å². The van der Waals surface area contributed by atoms with Crippen molar-refractivity contribution in [3.05, 3.63) is 23.8 Å². The Balaban J connectivity index is 1.62. The third kappa shape index (κ3) is 5.49. The van der Waals surface area contributed by atoms with E-state index in [1.54, 1.807) is 12.1 Å². The predicted molar refractivity (Wildman–Crippen MR) is 113 cm³/mol. The molecule has 2 aliphatic rings. The highest BCUT2D eigenvalue weighted by atomic mass is 32.2. The maximum Gasteiger partial charge on any atom is 0.253 e. The molecule has 162 valence electrons. The molecule has 1 N–H and O–H groups in total. The third-order valence-corrected chi connectivity index (χ3v) is 7.52. The molecule has 0 saturated carbocycles. The van der Waals surface area contributed by atoms with E-state index in [2.05, 4.69) is 9.62 Å². The van der Waals surface area contributed by atoms with Crippen LogP contribution in [0.2, 0.25) is 0 Å². The maximum absolute atomic E-state index is 13.0. The average Bonchev–Trinajstić information content (AvgIpc) is 3.02. The Kier molecular flexibility index (Phi) is 7.54. The van der Waals surface area contributed by atoms with Crippen LogP contribution in [0, 0.1) is 5.92 Å². The zero-order chi connectivity index (χ0) is 20.9. The van der Waals surface area contributed by atoms with Crippen LogP contribution >= 0.6 is 0 Å². The van der Waals surface area contributed by atoms with Crippen LogP contribution in [-0.4, -0.2) is 71.0 Å². The summed E-state index contributed by atoms with van der Waals surface area (Å²) in [6, 6.07) is 4.60. The summed E-state index contributed by atoms with van der Waals surface area (Å²) in [6.07, 6.45) is 7.28. The number of piperidine rings is 1. The molecule has 1 amide bonds. The van der Waals surface area contributed by atoms with Crippen molar-refractivity contribution in [2.24, 2.45) is 5.92 Å². The minimum Gasteiger partial charge on any atom is -0.495 e. The first kappa shape index (κ1) is 22.1. The van der Waals surface area contributed by atoms with Crippen LogP contribution in [0.3, 0.4) is 0 Å². The molecule has 0 aliphatic carbocycles. The number of hydrogen-bond donors (Lipinski definition) is 1. The fourth-order valence-corrected chi connectivity index (χ4v) is 5.23. The van der Waals surface area contributed by atoms with E-state index < -0.39 is 10.0 Å². The number of carbonyl (C=O) groups excluding carboxylic acids is 1. The Morgan fingerprint density at radius 3 is 2.34 bits per heavy atom. The van der Waals surface area contributed by atoms with Crippen LogP contribution in [0.4, 0.5) is 0 Å². The monoisotopic (exact) mass is 423 g/mol. The van der Waals surface area contributed by atoms with Gasteiger partial charge in [0.1, 0.15) is 10.6 Å². The minimum absolute atomic E-state index is 0.00982. The normalized spacial score (nSPS) is 19.7. The fourth-order valence-electron chi connectivity index (χ4n) is 4.31. The highest BCUT2D eigenvalue weighted by Gasteiger charge is 2.27. The lowest BCUT2D eigenvalue weighted by atomic mass is 9.95. The van der Waals surface area contributed by atoms with Gasteiger partial charge in [-0.1, -0.05) is 12.8 Å². The van der Waals surface area contributed by atoms with Crippen molar-refractivity contribution in [3.63, 3.8) is 0 Å². The van der Waals surface area contributed by atoms with Gasteiger partial charge in [0.15, 0.2) is 0 Å². The molecule has 3 rings (SSSR count). The van der Waals surface area contributed by atoms with Crippen molar-refractivity contribution in [1.29, 1.82) is 0 Å². The largest absolute Gasteiger partial charge is 0.495 e. The Hall–Kier alpha value is -1.64. The number of carbonyl (C=O) groups is 1. The van der Waals surface area contributed by atoms with Crippen LogP contribution < -0.4 is 9.46 Å². The lowest BCUT2D eigenvalue weighted by Gasteiger charge is -2.34. The molecule has 0 bridgehead atoms. The van der Waals surface area contributed by atoms with Crippen LogP contribution in [-0.2, 0) is 10.0 Å². The molecular formula is C21H33N3O4S. The number of nitrogens with zero attached hydrogens (tertiary/aromatic N) is 2. The SMILES string of the molecule is CNS(=O)(=O)c1cc(C(=O)N2CCC(CN3CCCCCC3)CC2)ccc1OC. The molecule has 2 saturated heterocycles. The lowest BCUT2D eigenvalue weighted by molar-refractivity contribution is 0.0667. The first-order valence-corrected chi connectivity index (χ1v) is 12.1. The van der Waals surface area contributed by atoms with Crippen LogP contribution in [0.25, 0.3) is 0 Å². The van der Waals surface area contributed by atoms with Crippen LogP contribution in [0.15, 0.2) is 23.1 Å². The van der Waals surface area contributed by atoms with E-state index >= 15 is 0 Å². The van der Waals surface area contributed by atoms with Gasteiger partial charge < -0.3 is 14.5 Å². The lowest BCUT2D eigenvalue weighted by Crippen LogP contribution is -2.41. The zero-order valence-corrected chi connectivity index (χ0v) is 18.3. The second-order valence-electron chi connectivity index (χ2n) is 8.02. The molecule has 2 heterocycles. The smallest absolute Gasteiger partial charge is 0.253 e. The summed E-state index contributed by atoms with van der Waals surface area (Å²) < 4.78 is 32.0. The number of ether oxygens (including phenoxy) is 1.